The highest BCUT2D eigenvalue weighted by atomic mass is 19.4. The summed E-state index contributed by atoms with van der Waals surface area (Å²) in [5.41, 5.74) is -0.697. The van der Waals surface area contributed by atoms with Crippen LogP contribution >= 0.6 is 0 Å². The molecule has 19 heavy (non-hydrogen) atoms. The van der Waals surface area contributed by atoms with E-state index in [1.54, 1.807) is 18.3 Å². The van der Waals surface area contributed by atoms with Crippen molar-refractivity contribution in [3.63, 3.8) is 0 Å². The molecule has 6 heteroatoms. The van der Waals surface area contributed by atoms with Gasteiger partial charge in [-0.15, -0.1) is 0 Å². The first-order valence-electron chi connectivity index (χ1n) is 5.51. The quantitative estimate of drug-likeness (QED) is 0.861. The highest BCUT2D eigenvalue weighted by Crippen LogP contribution is 2.30. The van der Waals surface area contributed by atoms with Crippen LogP contribution in [0.25, 0.3) is 0 Å². The Kier molecular flexibility index (Phi) is 3.89. The maximum absolute atomic E-state index is 12.3. The molecule has 0 unspecified atom stereocenters. The molecule has 1 aromatic heterocycles. The van der Waals surface area contributed by atoms with Crippen LogP contribution in [0.2, 0.25) is 0 Å². The number of nitrogens with one attached hydrogen (secondary N) is 1. The van der Waals surface area contributed by atoms with Gasteiger partial charge in [0.25, 0.3) is 0 Å². The third kappa shape index (κ3) is 3.87. The van der Waals surface area contributed by atoms with Gasteiger partial charge in [-0.25, -0.2) is 4.98 Å². The Labute approximate surface area is 108 Å². The van der Waals surface area contributed by atoms with E-state index in [1.165, 1.54) is 12.1 Å². The lowest BCUT2D eigenvalue weighted by atomic mass is 10.2. The summed E-state index contributed by atoms with van der Waals surface area (Å²) in [6.07, 6.45) is -2.70. The first-order chi connectivity index (χ1) is 9.05. The van der Waals surface area contributed by atoms with Crippen molar-refractivity contribution in [2.75, 3.05) is 12.0 Å². The number of anilines is 1. The van der Waals surface area contributed by atoms with E-state index in [9.17, 15) is 13.2 Å². The number of benzene rings is 1. The molecule has 2 aromatic rings. The van der Waals surface area contributed by atoms with E-state index in [-0.39, 0.29) is 6.73 Å². The number of hydrogen-bond donors (Lipinski definition) is 1. The van der Waals surface area contributed by atoms with Crippen LogP contribution in [0.3, 0.4) is 0 Å². The summed E-state index contributed by atoms with van der Waals surface area (Å²) in [6, 6.07) is 9.88. The van der Waals surface area contributed by atoms with Gasteiger partial charge in [0.15, 0.2) is 6.73 Å². The SMILES string of the molecule is FC(F)(F)c1ccc(OCNc2ccccn2)cc1. The van der Waals surface area contributed by atoms with Gasteiger partial charge in [0.1, 0.15) is 11.6 Å². The van der Waals surface area contributed by atoms with E-state index < -0.39 is 11.7 Å². The summed E-state index contributed by atoms with van der Waals surface area (Å²) in [7, 11) is 0. The van der Waals surface area contributed by atoms with E-state index >= 15 is 0 Å². The highest BCUT2D eigenvalue weighted by molar-refractivity contribution is 5.33. The van der Waals surface area contributed by atoms with Crippen molar-refractivity contribution in [3.05, 3.63) is 54.2 Å². The summed E-state index contributed by atoms with van der Waals surface area (Å²) in [5, 5.41) is 2.88. The van der Waals surface area contributed by atoms with Gasteiger partial charge in [-0.1, -0.05) is 6.07 Å². The van der Waals surface area contributed by atoms with E-state index in [1.807, 2.05) is 6.07 Å². The maximum atomic E-state index is 12.3. The van der Waals surface area contributed by atoms with Crippen molar-refractivity contribution in [3.8, 4) is 5.75 Å². The monoisotopic (exact) mass is 268 g/mol. The Morgan fingerprint density at radius 2 is 1.79 bits per heavy atom. The summed E-state index contributed by atoms with van der Waals surface area (Å²) in [6.45, 7) is 0.127. The minimum Gasteiger partial charge on any atom is -0.473 e. The van der Waals surface area contributed by atoms with Crippen molar-refractivity contribution in [2.45, 2.75) is 6.18 Å². The van der Waals surface area contributed by atoms with Crippen LogP contribution in [0, 0.1) is 0 Å². The third-order valence-corrected chi connectivity index (χ3v) is 2.34. The van der Waals surface area contributed by atoms with Gasteiger partial charge in [0.05, 0.1) is 5.56 Å². The summed E-state index contributed by atoms with van der Waals surface area (Å²) >= 11 is 0. The number of halogens is 3. The molecule has 0 saturated heterocycles. The summed E-state index contributed by atoms with van der Waals surface area (Å²) < 4.78 is 42.3. The minimum atomic E-state index is -4.33. The van der Waals surface area contributed by atoms with Gasteiger partial charge in [-0.05, 0) is 36.4 Å². The Morgan fingerprint density at radius 3 is 2.37 bits per heavy atom. The van der Waals surface area contributed by atoms with Gasteiger partial charge in [0, 0.05) is 6.20 Å². The van der Waals surface area contributed by atoms with Crippen molar-refractivity contribution < 1.29 is 17.9 Å². The molecule has 0 saturated carbocycles. The number of pyridine rings is 1. The smallest absolute Gasteiger partial charge is 0.416 e. The van der Waals surface area contributed by atoms with Gasteiger partial charge in [-0.2, -0.15) is 13.2 Å². The second-order valence-electron chi connectivity index (χ2n) is 3.70. The predicted molar refractivity (Wildman–Crippen MR) is 64.8 cm³/mol. The highest BCUT2D eigenvalue weighted by Gasteiger charge is 2.29. The Hall–Kier alpha value is -2.24. The molecule has 1 heterocycles. The van der Waals surface area contributed by atoms with Crippen molar-refractivity contribution in [1.82, 2.24) is 4.98 Å². The van der Waals surface area contributed by atoms with Crippen molar-refractivity contribution >= 4 is 5.82 Å². The molecular formula is C13H11F3N2O. The van der Waals surface area contributed by atoms with Crippen LogP contribution in [-0.4, -0.2) is 11.7 Å². The van der Waals surface area contributed by atoms with Gasteiger partial charge in [0.2, 0.25) is 0 Å². The first kappa shape index (κ1) is 13.2. The molecular weight excluding hydrogens is 257 g/mol. The lowest BCUT2D eigenvalue weighted by Gasteiger charge is -2.10. The molecule has 0 aliphatic rings. The average molecular weight is 268 g/mol. The molecule has 1 N–H and O–H groups in total. The van der Waals surface area contributed by atoms with Crippen LogP contribution in [0.5, 0.6) is 5.75 Å². The molecule has 0 aliphatic carbocycles. The van der Waals surface area contributed by atoms with E-state index in [2.05, 4.69) is 10.3 Å². The standard InChI is InChI=1S/C13H11F3N2O/c14-13(15,16)10-4-6-11(7-5-10)19-9-18-12-3-1-2-8-17-12/h1-8H,9H2,(H,17,18). The number of hydrogen-bond acceptors (Lipinski definition) is 3. The van der Waals surface area contributed by atoms with Gasteiger partial charge < -0.3 is 10.1 Å². The molecule has 100 valence electrons. The lowest BCUT2D eigenvalue weighted by molar-refractivity contribution is -0.137. The second-order valence-corrected chi connectivity index (χ2v) is 3.70. The van der Waals surface area contributed by atoms with Crippen molar-refractivity contribution in [2.24, 2.45) is 0 Å². The van der Waals surface area contributed by atoms with E-state index in [0.29, 0.717) is 11.6 Å². The maximum Gasteiger partial charge on any atom is 0.416 e. The largest absolute Gasteiger partial charge is 0.473 e. The molecule has 2 rings (SSSR count). The fourth-order valence-corrected chi connectivity index (χ4v) is 1.40. The fraction of sp³-hybridized carbons (Fsp3) is 0.154. The summed E-state index contributed by atoms with van der Waals surface area (Å²) in [5.74, 6) is 0.992. The molecule has 0 fully saturated rings. The van der Waals surface area contributed by atoms with Gasteiger partial charge in [-0.3, -0.25) is 0 Å². The third-order valence-electron chi connectivity index (χ3n) is 2.34. The number of aromatic nitrogens is 1. The average Bonchev–Trinajstić information content (AvgIpc) is 2.39. The molecule has 1 aromatic carbocycles. The Morgan fingerprint density at radius 1 is 1.05 bits per heavy atom. The molecule has 0 spiro atoms. The number of rotatable bonds is 4. The number of nitrogens with zero attached hydrogens (tertiary/aromatic N) is 1. The molecule has 3 nitrogen and oxygen atoms in total. The van der Waals surface area contributed by atoms with E-state index in [4.69, 9.17) is 4.74 Å². The molecule has 0 atom stereocenters. The van der Waals surface area contributed by atoms with Crippen LogP contribution in [0.15, 0.2) is 48.7 Å². The van der Waals surface area contributed by atoms with Crippen LogP contribution in [0.4, 0.5) is 19.0 Å². The van der Waals surface area contributed by atoms with Crippen LogP contribution in [0.1, 0.15) is 5.56 Å². The van der Waals surface area contributed by atoms with Crippen LogP contribution < -0.4 is 10.1 Å². The van der Waals surface area contributed by atoms with E-state index in [0.717, 1.165) is 12.1 Å². The Bertz CT molecular complexity index is 512. The van der Waals surface area contributed by atoms with Crippen LogP contribution in [-0.2, 0) is 6.18 Å². The number of alkyl halides is 3. The zero-order valence-electron chi connectivity index (χ0n) is 9.82. The number of ether oxygens (including phenoxy) is 1. The lowest BCUT2D eigenvalue weighted by Crippen LogP contribution is -2.10. The van der Waals surface area contributed by atoms with Crippen molar-refractivity contribution in [1.29, 1.82) is 0 Å². The second kappa shape index (κ2) is 5.60. The zero-order chi connectivity index (χ0) is 13.7. The predicted octanol–water partition coefficient (Wildman–Crippen LogP) is 3.55. The fourth-order valence-electron chi connectivity index (χ4n) is 1.40. The molecule has 0 amide bonds. The summed E-state index contributed by atoms with van der Waals surface area (Å²) in [4.78, 5) is 4.02. The molecule has 0 bridgehead atoms. The van der Waals surface area contributed by atoms with Gasteiger partial charge >= 0.3 is 6.18 Å². The first-order valence-corrected chi connectivity index (χ1v) is 5.51. The molecule has 0 radical (unpaired) electrons. The molecule has 0 aliphatic heterocycles. The topological polar surface area (TPSA) is 34.1 Å². The Balaban J connectivity index is 1.87. The zero-order valence-corrected chi connectivity index (χ0v) is 9.82. The minimum absolute atomic E-state index is 0.127. The normalized spacial score (nSPS) is 11.1.